The molecule has 0 bridgehead atoms. The van der Waals surface area contributed by atoms with Crippen molar-refractivity contribution in [2.75, 3.05) is 13.7 Å². The van der Waals surface area contributed by atoms with E-state index in [4.69, 9.17) is 9.47 Å². The average Bonchev–Trinajstić information content (AvgIpc) is 2.97. The molecule has 0 unspecified atom stereocenters. The first-order chi connectivity index (χ1) is 12.9. The quantitative estimate of drug-likeness (QED) is 0.620. The van der Waals surface area contributed by atoms with Crippen LogP contribution in [0, 0.1) is 6.92 Å². The molecule has 0 fully saturated rings. The van der Waals surface area contributed by atoms with E-state index < -0.39 is 5.97 Å². The third-order valence-corrected chi connectivity index (χ3v) is 4.65. The Hall–Kier alpha value is -3.09. The van der Waals surface area contributed by atoms with Gasteiger partial charge in [0.25, 0.3) is 0 Å². The fourth-order valence-corrected chi connectivity index (χ4v) is 3.38. The fraction of sp³-hybridized carbons (Fsp3) is 0.350. The number of methoxy groups -OCH3 is 1. The molecule has 1 aliphatic heterocycles. The smallest absolute Gasteiger partial charge is 0.339 e. The number of amides is 1. The summed E-state index contributed by atoms with van der Waals surface area (Å²) < 4.78 is 10.5. The van der Waals surface area contributed by atoms with Crippen LogP contribution in [0.1, 0.15) is 44.6 Å². The van der Waals surface area contributed by atoms with E-state index in [0.29, 0.717) is 30.0 Å². The Kier molecular flexibility index (Phi) is 5.30. The molecule has 3 rings (SSSR count). The summed E-state index contributed by atoms with van der Waals surface area (Å²) in [5, 5.41) is 2.93. The zero-order valence-electron chi connectivity index (χ0n) is 15.5. The second-order valence-corrected chi connectivity index (χ2v) is 6.59. The van der Waals surface area contributed by atoms with Crippen molar-refractivity contribution in [1.29, 1.82) is 0 Å². The number of aromatic amines is 1. The Morgan fingerprint density at radius 2 is 2.04 bits per heavy atom. The molecule has 2 N–H and O–H groups in total. The van der Waals surface area contributed by atoms with Gasteiger partial charge in [-0.3, -0.25) is 9.59 Å². The van der Waals surface area contributed by atoms with Gasteiger partial charge in [-0.25, -0.2) is 4.79 Å². The van der Waals surface area contributed by atoms with Gasteiger partial charge < -0.3 is 19.8 Å². The summed E-state index contributed by atoms with van der Waals surface area (Å²) in [6.45, 7) is 3.45. The SMILES string of the molecule is COC(=O)c1c(CC(=O)N[C@H]2COc3ccccc3C2)[nH]c(C(C)=O)c1C. The van der Waals surface area contributed by atoms with Crippen LogP contribution < -0.4 is 10.1 Å². The molecule has 7 nitrogen and oxygen atoms in total. The highest BCUT2D eigenvalue weighted by atomic mass is 16.5. The summed E-state index contributed by atoms with van der Waals surface area (Å²) in [5.74, 6) is -0.206. The number of benzene rings is 1. The van der Waals surface area contributed by atoms with Crippen molar-refractivity contribution in [1.82, 2.24) is 10.3 Å². The molecular weight excluding hydrogens is 348 g/mol. The molecule has 1 aromatic heterocycles. The molecule has 1 aromatic carbocycles. The van der Waals surface area contributed by atoms with Crippen LogP contribution in [0.4, 0.5) is 0 Å². The highest BCUT2D eigenvalue weighted by Gasteiger charge is 2.26. The van der Waals surface area contributed by atoms with Crippen LogP contribution >= 0.6 is 0 Å². The van der Waals surface area contributed by atoms with E-state index in [-0.39, 0.29) is 29.7 Å². The van der Waals surface area contributed by atoms with E-state index in [2.05, 4.69) is 10.3 Å². The zero-order chi connectivity index (χ0) is 19.6. The molecule has 0 aliphatic carbocycles. The Morgan fingerprint density at radius 3 is 2.74 bits per heavy atom. The number of H-pyrrole nitrogens is 1. The van der Waals surface area contributed by atoms with Crippen LogP contribution in [-0.2, 0) is 22.4 Å². The van der Waals surface area contributed by atoms with Gasteiger partial charge in [0.1, 0.15) is 12.4 Å². The van der Waals surface area contributed by atoms with Gasteiger partial charge >= 0.3 is 5.97 Å². The molecule has 142 valence electrons. The summed E-state index contributed by atoms with van der Waals surface area (Å²) in [6, 6.07) is 7.56. The van der Waals surface area contributed by atoms with Gasteiger partial charge in [0.2, 0.25) is 5.91 Å². The molecule has 27 heavy (non-hydrogen) atoms. The molecule has 1 atom stereocenters. The minimum absolute atomic E-state index is 0.0588. The highest BCUT2D eigenvalue weighted by molar-refractivity contribution is 6.01. The lowest BCUT2D eigenvalue weighted by molar-refractivity contribution is -0.121. The molecule has 2 heterocycles. The standard InChI is InChI=1S/C20H22N2O5/c1-11-18(20(25)26-3)15(22-19(11)12(2)23)9-17(24)21-14-8-13-6-4-5-7-16(13)27-10-14/h4-7,14,22H,8-10H2,1-3H3,(H,21,24)/t14-/m1/s1. The first kappa shape index (κ1) is 18.7. The Labute approximate surface area is 157 Å². The minimum atomic E-state index is -0.575. The first-order valence-electron chi connectivity index (χ1n) is 8.71. The van der Waals surface area contributed by atoms with Crippen molar-refractivity contribution in [2.45, 2.75) is 32.7 Å². The molecule has 2 aromatic rings. The van der Waals surface area contributed by atoms with Crippen LogP contribution in [0.3, 0.4) is 0 Å². The number of rotatable bonds is 5. The van der Waals surface area contributed by atoms with Crippen molar-refractivity contribution in [3.8, 4) is 5.75 Å². The van der Waals surface area contributed by atoms with E-state index in [1.165, 1.54) is 14.0 Å². The van der Waals surface area contributed by atoms with E-state index >= 15 is 0 Å². The maximum Gasteiger partial charge on any atom is 0.339 e. The molecule has 1 aliphatic rings. The number of hydrogen-bond acceptors (Lipinski definition) is 5. The lowest BCUT2D eigenvalue weighted by atomic mass is 10.0. The maximum atomic E-state index is 12.5. The molecule has 0 radical (unpaired) electrons. The summed E-state index contributed by atoms with van der Waals surface area (Å²) in [7, 11) is 1.27. The zero-order valence-corrected chi connectivity index (χ0v) is 15.5. The number of ether oxygens (including phenoxy) is 2. The number of fused-ring (bicyclic) bond motifs is 1. The highest BCUT2D eigenvalue weighted by Crippen LogP contribution is 2.24. The lowest BCUT2D eigenvalue weighted by Gasteiger charge is -2.26. The van der Waals surface area contributed by atoms with Gasteiger partial charge in [-0.1, -0.05) is 18.2 Å². The molecule has 0 saturated heterocycles. The fourth-order valence-electron chi connectivity index (χ4n) is 3.38. The monoisotopic (exact) mass is 370 g/mol. The molecule has 0 spiro atoms. The van der Waals surface area contributed by atoms with E-state index in [1.54, 1.807) is 6.92 Å². The van der Waals surface area contributed by atoms with Crippen molar-refractivity contribution in [3.05, 3.63) is 52.3 Å². The first-order valence-corrected chi connectivity index (χ1v) is 8.71. The lowest BCUT2D eigenvalue weighted by Crippen LogP contribution is -2.43. The van der Waals surface area contributed by atoms with Gasteiger partial charge in [0.05, 0.1) is 30.8 Å². The van der Waals surface area contributed by atoms with Gasteiger partial charge in [0.15, 0.2) is 5.78 Å². The van der Waals surface area contributed by atoms with E-state index in [9.17, 15) is 14.4 Å². The molecular formula is C20H22N2O5. The average molecular weight is 370 g/mol. The van der Waals surface area contributed by atoms with Crippen molar-refractivity contribution >= 4 is 17.7 Å². The molecule has 0 saturated carbocycles. The molecule has 1 amide bonds. The van der Waals surface area contributed by atoms with Gasteiger partial charge in [-0.15, -0.1) is 0 Å². The Bertz CT molecular complexity index is 900. The number of nitrogens with one attached hydrogen (secondary N) is 2. The topological polar surface area (TPSA) is 97.5 Å². The summed E-state index contributed by atoms with van der Waals surface area (Å²) in [6.07, 6.45) is 0.616. The molecule has 7 heteroatoms. The van der Waals surface area contributed by atoms with Crippen LogP contribution in [0.2, 0.25) is 0 Å². The third kappa shape index (κ3) is 3.86. The summed E-state index contributed by atoms with van der Waals surface area (Å²) >= 11 is 0. The van der Waals surface area contributed by atoms with Crippen LogP contribution in [0.5, 0.6) is 5.75 Å². The Morgan fingerprint density at radius 1 is 1.30 bits per heavy atom. The van der Waals surface area contributed by atoms with Crippen LogP contribution in [0.15, 0.2) is 24.3 Å². The predicted molar refractivity (Wildman–Crippen MR) is 98.1 cm³/mol. The van der Waals surface area contributed by atoms with Crippen LogP contribution in [-0.4, -0.2) is 42.4 Å². The number of carbonyl (C=O) groups excluding carboxylic acids is 3. The van der Waals surface area contributed by atoms with Crippen molar-refractivity contribution < 1.29 is 23.9 Å². The minimum Gasteiger partial charge on any atom is -0.491 e. The number of Topliss-reactive ketones (excluding diaryl/α,β-unsaturated/α-hetero) is 1. The summed E-state index contributed by atoms with van der Waals surface area (Å²) in [5.41, 5.74) is 2.46. The summed E-state index contributed by atoms with van der Waals surface area (Å²) in [4.78, 5) is 39.3. The number of aromatic nitrogens is 1. The Balaban J connectivity index is 1.74. The normalized spacial score (nSPS) is 15.4. The van der Waals surface area contributed by atoms with E-state index in [1.807, 2.05) is 24.3 Å². The maximum absolute atomic E-state index is 12.5. The van der Waals surface area contributed by atoms with Gasteiger partial charge in [0, 0.05) is 12.6 Å². The number of hydrogen-bond donors (Lipinski definition) is 2. The second-order valence-electron chi connectivity index (χ2n) is 6.59. The largest absolute Gasteiger partial charge is 0.491 e. The second kappa shape index (κ2) is 7.65. The van der Waals surface area contributed by atoms with Crippen LogP contribution in [0.25, 0.3) is 0 Å². The van der Waals surface area contributed by atoms with Crippen molar-refractivity contribution in [2.24, 2.45) is 0 Å². The number of esters is 1. The van der Waals surface area contributed by atoms with Gasteiger partial charge in [-0.05, 0) is 30.5 Å². The van der Waals surface area contributed by atoms with Gasteiger partial charge in [-0.2, -0.15) is 0 Å². The van der Waals surface area contributed by atoms with E-state index in [0.717, 1.165) is 11.3 Å². The van der Waals surface area contributed by atoms with Crippen molar-refractivity contribution in [3.63, 3.8) is 0 Å². The third-order valence-electron chi connectivity index (χ3n) is 4.65. The number of carbonyl (C=O) groups is 3. The number of ketones is 1. The number of para-hydroxylation sites is 1. The predicted octanol–water partition coefficient (Wildman–Crippen LogP) is 1.97.